The summed E-state index contributed by atoms with van der Waals surface area (Å²) in [5.41, 5.74) is 2.23. The number of amides is 1. The zero-order valence-corrected chi connectivity index (χ0v) is 21.4. The molecule has 0 unspecified atom stereocenters. The molecule has 10 nitrogen and oxygen atoms in total. The molecule has 3 heterocycles. The molecule has 194 valence electrons. The van der Waals surface area contributed by atoms with E-state index in [9.17, 15) is 4.79 Å². The lowest BCUT2D eigenvalue weighted by Crippen LogP contribution is -2.42. The number of piperidine rings is 2. The van der Waals surface area contributed by atoms with Gasteiger partial charge in [-0.1, -0.05) is 6.58 Å². The Kier molecular flexibility index (Phi) is 8.61. The monoisotopic (exact) mass is 495 g/mol. The molecule has 3 N–H and O–H groups in total. The molecular formula is C26H37N7O3. The topological polar surface area (TPSA) is 104 Å². The molecule has 2 aromatic rings. The number of rotatable bonds is 9. The van der Waals surface area contributed by atoms with Crippen LogP contribution in [0.3, 0.4) is 0 Å². The molecule has 0 radical (unpaired) electrons. The van der Waals surface area contributed by atoms with Gasteiger partial charge in [0.05, 0.1) is 24.2 Å². The van der Waals surface area contributed by atoms with Crippen LogP contribution in [0.1, 0.15) is 25.7 Å². The fraction of sp³-hybridized carbons (Fsp3) is 0.500. The molecule has 1 aromatic carbocycles. The van der Waals surface area contributed by atoms with E-state index in [0.717, 1.165) is 57.5 Å². The van der Waals surface area contributed by atoms with Crippen LogP contribution >= 0.6 is 0 Å². The Labute approximate surface area is 213 Å². The van der Waals surface area contributed by atoms with Gasteiger partial charge in [0, 0.05) is 37.5 Å². The number of hydrogen-bond acceptors (Lipinski definition) is 9. The molecule has 0 spiro atoms. The van der Waals surface area contributed by atoms with Crippen LogP contribution in [-0.2, 0) is 4.79 Å². The Morgan fingerprint density at radius 2 is 1.94 bits per heavy atom. The van der Waals surface area contributed by atoms with E-state index in [4.69, 9.17) is 9.47 Å². The van der Waals surface area contributed by atoms with E-state index >= 15 is 0 Å². The van der Waals surface area contributed by atoms with E-state index in [1.54, 1.807) is 19.4 Å². The largest absolute Gasteiger partial charge is 0.494 e. The molecule has 36 heavy (non-hydrogen) atoms. The smallest absolute Gasteiger partial charge is 0.247 e. The van der Waals surface area contributed by atoms with Crippen molar-refractivity contribution < 1.29 is 14.3 Å². The first-order valence-corrected chi connectivity index (χ1v) is 12.5. The van der Waals surface area contributed by atoms with Gasteiger partial charge in [-0.15, -0.1) is 0 Å². The van der Waals surface area contributed by atoms with Gasteiger partial charge < -0.3 is 35.2 Å². The molecule has 0 saturated carbocycles. The van der Waals surface area contributed by atoms with Crippen molar-refractivity contribution in [3.63, 3.8) is 0 Å². The Balaban J connectivity index is 1.58. The SMILES string of the molecule is C=CC(=O)Nc1cc(Nc2nccc(OC3CCNCC3)n2)c(OC)cc1N1CCC(N(C)C)CC1. The van der Waals surface area contributed by atoms with Crippen molar-refractivity contribution in [3.8, 4) is 11.6 Å². The van der Waals surface area contributed by atoms with Gasteiger partial charge >= 0.3 is 0 Å². The van der Waals surface area contributed by atoms with E-state index in [1.807, 2.05) is 12.1 Å². The van der Waals surface area contributed by atoms with E-state index in [2.05, 4.69) is 56.4 Å². The molecule has 0 atom stereocenters. The predicted molar refractivity (Wildman–Crippen MR) is 143 cm³/mol. The van der Waals surface area contributed by atoms with Crippen LogP contribution in [0.4, 0.5) is 23.0 Å². The second-order valence-electron chi connectivity index (χ2n) is 9.36. The zero-order valence-electron chi connectivity index (χ0n) is 21.4. The highest BCUT2D eigenvalue weighted by molar-refractivity contribution is 6.02. The molecule has 10 heteroatoms. The van der Waals surface area contributed by atoms with Crippen LogP contribution in [-0.4, -0.2) is 80.3 Å². The number of anilines is 4. The number of hydrogen-bond donors (Lipinski definition) is 3. The Morgan fingerprint density at radius 3 is 2.61 bits per heavy atom. The highest BCUT2D eigenvalue weighted by Crippen LogP contribution is 2.39. The standard InChI is InChI=1S/C26H37N7O3/c1-5-24(34)29-20-16-21(23(35-4)17-22(20)33-14-9-18(10-15-33)32(2)3)30-26-28-13-8-25(31-26)36-19-6-11-27-12-7-19/h5,8,13,16-19,27H,1,6-7,9-12,14-15H2,2-4H3,(H,29,34)(H,28,30,31). The summed E-state index contributed by atoms with van der Waals surface area (Å²) >= 11 is 0. The Morgan fingerprint density at radius 1 is 1.19 bits per heavy atom. The Hall–Kier alpha value is -3.37. The maximum atomic E-state index is 12.3. The maximum absolute atomic E-state index is 12.3. The molecule has 2 aliphatic heterocycles. The van der Waals surface area contributed by atoms with Gasteiger partial charge in [-0.25, -0.2) is 4.98 Å². The molecule has 4 rings (SSSR count). The summed E-state index contributed by atoms with van der Waals surface area (Å²) in [5.74, 6) is 1.27. The van der Waals surface area contributed by atoms with Crippen molar-refractivity contribution in [1.82, 2.24) is 20.2 Å². The summed E-state index contributed by atoms with van der Waals surface area (Å²) in [6.07, 6.45) is 7.05. The minimum absolute atomic E-state index is 0.139. The molecule has 2 saturated heterocycles. The first-order valence-electron chi connectivity index (χ1n) is 12.5. The van der Waals surface area contributed by atoms with Crippen LogP contribution in [0, 0.1) is 0 Å². The fourth-order valence-electron chi connectivity index (χ4n) is 4.68. The molecule has 2 fully saturated rings. The summed E-state index contributed by atoms with van der Waals surface area (Å²) in [7, 11) is 5.87. The van der Waals surface area contributed by atoms with Gasteiger partial charge in [-0.05, 0) is 65.0 Å². The average Bonchev–Trinajstić information content (AvgIpc) is 2.89. The number of nitrogens with zero attached hydrogens (tertiary/aromatic N) is 4. The van der Waals surface area contributed by atoms with E-state index in [0.29, 0.717) is 35.0 Å². The van der Waals surface area contributed by atoms with Crippen LogP contribution in [0.2, 0.25) is 0 Å². The minimum Gasteiger partial charge on any atom is -0.494 e. The van der Waals surface area contributed by atoms with Gasteiger partial charge in [0.25, 0.3) is 0 Å². The minimum atomic E-state index is -0.274. The summed E-state index contributed by atoms with van der Waals surface area (Å²) in [6.45, 7) is 7.25. The van der Waals surface area contributed by atoms with Crippen LogP contribution < -0.4 is 30.3 Å². The van der Waals surface area contributed by atoms with Gasteiger partial charge in [-0.2, -0.15) is 4.98 Å². The van der Waals surface area contributed by atoms with Crippen molar-refractivity contribution >= 4 is 28.9 Å². The van der Waals surface area contributed by atoms with Gasteiger partial charge in [0.15, 0.2) is 0 Å². The second-order valence-corrected chi connectivity index (χ2v) is 9.36. The van der Waals surface area contributed by atoms with Crippen molar-refractivity contribution in [2.24, 2.45) is 0 Å². The summed E-state index contributed by atoms with van der Waals surface area (Å²) in [4.78, 5) is 25.7. The van der Waals surface area contributed by atoms with Gasteiger partial charge in [0.1, 0.15) is 11.9 Å². The molecule has 0 bridgehead atoms. The highest BCUT2D eigenvalue weighted by Gasteiger charge is 2.24. The number of aromatic nitrogens is 2. The third-order valence-corrected chi connectivity index (χ3v) is 6.75. The first-order chi connectivity index (χ1) is 17.5. The average molecular weight is 496 g/mol. The number of carbonyl (C=O) groups is 1. The molecule has 1 aromatic heterocycles. The predicted octanol–water partition coefficient (Wildman–Crippen LogP) is 3.01. The molecule has 2 aliphatic rings. The van der Waals surface area contributed by atoms with Crippen molar-refractivity contribution in [1.29, 1.82) is 0 Å². The van der Waals surface area contributed by atoms with Gasteiger partial charge in [-0.3, -0.25) is 4.79 Å². The fourth-order valence-corrected chi connectivity index (χ4v) is 4.68. The third kappa shape index (κ3) is 6.44. The van der Waals surface area contributed by atoms with E-state index < -0.39 is 0 Å². The quantitative estimate of drug-likeness (QED) is 0.453. The summed E-state index contributed by atoms with van der Waals surface area (Å²) in [6, 6.07) is 6.12. The molecule has 0 aliphatic carbocycles. The normalized spacial score (nSPS) is 17.1. The van der Waals surface area contributed by atoms with Crippen molar-refractivity contribution in [3.05, 3.63) is 37.1 Å². The maximum Gasteiger partial charge on any atom is 0.247 e. The highest BCUT2D eigenvalue weighted by atomic mass is 16.5. The van der Waals surface area contributed by atoms with Crippen LogP contribution in [0.5, 0.6) is 11.6 Å². The van der Waals surface area contributed by atoms with E-state index in [-0.39, 0.29) is 12.0 Å². The Bertz CT molecular complexity index is 1050. The third-order valence-electron chi connectivity index (χ3n) is 6.75. The zero-order chi connectivity index (χ0) is 25.5. The number of nitrogens with one attached hydrogen (secondary N) is 3. The van der Waals surface area contributed by atoms with Crippen molar-refractivity contribution in [2.75, 3.05) is 62.9 Å². The summed E-state index contributed by atoms with van der Waals surface area (Å²) in [5, 5.41) is 9.54. The first kappa shape index (κ1) is 25.7. The number of carbonyl (C=O) groups excluding carboxylic acids is 1. The number of ether oxygens (including phenoxy) is 2. The van der Waals surface area contributed by atoms with Crippen molar-refractivity contribution in [2.45, 2.75) is 37.8 Å². The van der Waals surface area contributed by atoms with E-state index in [1.165, 1.54) is 6.08 Å². The lowest BCUT2D eigenvalue weighted by molar-refractivity contribution is -0.111. The molecular weight excluding hydrogens is 458 g/mol. The lowest BCUT2D eigenvalue weighted by atomic mass is 10.0. The number of benzene rings is 1. The molecule has 1 amide bonds. The second kappa shape index (κ2) is 12.0. The van der Waals surface area contributed by atoms with Crippen LogP contribution in [0.15, 0.2) is 37.1 Å². The number of methoxy groups -OCH3 is 1. The lowest BCUT2D eigenvalue weighted by Gasteiger charge is -2.37. The van der Waals surface area contributed by atoms with Crippen LogP contribution in [0.25, 0.3) is 0 Å². The summed E-state index contributed by atoms with van der Waals surface area (Å²) < 4.78 is 11.8. The van der Waals surface area contributed by atoms with Gasteiger partial charge in [0.2, 0.25) is 17.7 Å².